The highest BCUT2D eigenvalue weighted by Crippen LogP contribution is 2.19. The molecule has 1 aromatic carbocycles. The van der Waals surface area contributed by atoms with Crippen LogP contribution in [0, 0.1) is 5.82 Å². The summed E-state index contributed by atoms with van der Waals surface area (Å²) >= 11 is 0. The molecule has 1 heterocycles. The molecule has 0 aliphatic heterocycles. The van der Waals surface area contributed by atoms with E-state index in [9.17, 15) is 4.39 Å². The number of nitrogens with one attached hydrogen (secondary N) is 1. The molecular formula is C15H20FN3O2. The topological polar surface area (TPSA) is 48.3 Å². The highest BCUT2D eigenvalue weighted by atomic mass is 19.1. The van der Waals surface area contributed by atoms with Crippen molar-refractivity contribution in [2.24, 2.45) is 0 Å². The molecule has 2 rings (SSSR count). The molecule has 0 unspecified atom stereocenters. The Kier molecular flexibility index (Phi) is 6.18. The van der Waals surface area contributed by atoms with Gasteiger partial charge in [-0.25, -0.2) is 9.37 Å². The Morgan fingerprint density at radius 1 is 1.33 bits per heavy atom. The van der Waals surface area contributed by atoms with E-state index >= 15 is 0 Å². The van der Waals surface area contributed by atoms with Crippen LogP contribution in [0.5, 0.6) is 5.75 Å². The van der Waals surface area contributed by atoms with Crippen LogP contribution >= 0.6 is 0 Å². The molecule has 5 nitrogen and oxygen atoms in total. The van der Waals surface area contributed by atoms with Crippen molar-refractivity contribution in [3.63, 3.8) is 0 Å². The number of halogens is 1. The smallest absolute Gasteiger partial charge is 0.124 e. The number of rotatable bonds is 9. The molecule has 0 saturated heterocycles. The summed E-state index contributed by atoms with van der Waals surface area (Å²) in [5.41, 5.74) is 0.803. The summed E-state index contributed by atoms with van der Waals surface area (Å²) in [4.78, 5) is 3.97. The van der Waals surface area contributed by atoms with Gasteiger partial charge in [0.1, 0.15) is 18.2 Å². The van der Waals surface area contributed by atoms with Gasteiger partial charge in [-0.05, 0) is 18.2 Å². The molecule has 21 heavy (non-hydrogen) atoms. The maximum atomic E-state index is 13.3. The lowest BCUT2D eigenvalue weighted by Gasteiger charge is -2.12. The van der Waals surface area contributed by atoms with Crippen LogP contribution in [-0.4, -0.2) is 36.4 Å². The van der Waals surface area contributed by atoms with Crippen LogP contribution in [0.4, 0.5) is 4.39 Å². The molecule has 0 aliphatic rings. The van der Waals surface area contributed by atoms with Crippen LogP contribution in [0.3, 0.4) is 0 Å². The van der Waals surface area contributed by atoms with Gasteiger partial charge in [0.2, 0.25) is 0 Å². The van der Waals surface area contributed by atoms with Gasteiger partial charge in [0.25, 0.3) is 0 Å². The molecule has 0 saturated carbocycles. The summed E-state index contributed by atoms with van der Waals surface area (Å²) in [6.45, 7) is 3.08. The van der Waals surface area contributed by atoms with Gasteiger partial charge in [-0.3, -0.25) is 0 Å². The van der Waals surface area contributed by atoms with Crippen molar-refractivity contribution in [3.05, 3.63) is 48.3 Å². The molecule has 0 bridgehead atoms. The Bertz CT molecular complexity index is 532. The average Bonchev–Trinajstić information content (AvgIpc) is 2.99. The molecular weight excluding hydrogens is 273 g/mol. The number of hydrogen-bond acceptors (Lipinski definition) is 4. The molecule has 0 radical (unpaired) electrons. The molecule has 1 aromatic heterocycles. The first kappa shape index (κ1) is 15.5. The van der Waals surface area contributed by atoms with Gasteiger partial charge in [-0.1, -0.05) is 0 Å². The van der Waals surface area contributed by atoms with E-state index in [1.165, 1.54) is 12.1 Å². The second-order valence-corrected chi connectivity index (χ2v) is 4.57. The lowest BCUT2D eigenvalue weighted by Crippen LogP contribution is -2.19. The van der Waals surface area contributed by atoms with Crippen LogP contribution in [0.2, 0.25) is 0 Å². The van der Waals surface area contributed by atoms with Gasteiger partial charge in [-0.15, -0.1) is 0 Å². The summed E-state index contributed by atoms with van der Waals surface area (Å²) in [5, 5.41) is 3.19. The van der Waals surface area contributed by atoms with E-state index in [0.717, 1.165) is 5.56 Å². The fraction of sp³-hybridized carbons (Fsp3) is 0.400. The lowest BCUT2D eigenvalue weighted by atomic mass is 10.2. The monoisotopic (exact) mass is 293 g/mol. The fourth-order valence-electron chi connectivity index (χ4n) is 1.90. The predicted molar refractivity (Wildman–Crippen MR) is 77.7 cm³/mol. The van der Waals surface area contributed by atoms with Crippen molar-refractivity contribution in [2.45, 2.75) is 13.1 Å². The van der Waals surface area contributed by atoms with E-state index in [1.54, 1.807) is 25.7 Å². The van der Waals surface area contributed by atoms with E-state index in [2.05, 4.69) is 10.3 Å². The van der Waals surface area contributed by atoms with Crippen molar-refractivity contribution < 1.29 is 13.9 Å². The van der Waals surface area contributed by atoms with Crippen LogP contribution in [0.15, 0.2) is 36.9 Å². The van der Waals surface area contributed by atoms with Crippen molar-refractivity contribution in [1.82, 2.24) is 14.9 Å². The van der Waals surface area contributed by atoms with E-state index in [4.69, 9.17) is 9.47 Å². The highest BCUT2D eigenvalue weighted by Gasteiger charge is 2.05. The molecule has 114 valence electrons. The van der Waals surface area contributed by atoms with Crippen molar-refractivity contribution in [2.75, 3.05) is 26.9 Å². The first-order valence-electron chi connectivity index (χ1n) is 6.86. The number of aromatic nitrogens is 2. The second-order valence-electron chi connectivity index (χ2n) is 4.57. The standard InChI is InChI=1S/C15H20FN3O2/c1-20-8-5-17-11-13-10-14(16)2-3-15(13)21-9-7-19-6-4-18-12-19/h2-4,6,10,12,17H,5,7-9,11H2,1H3. The molecule has 0 fully saturated rings. The Morgan fingerprint density at radius 3 is 3.00 bits per heavy atom. The Hall–Kier alpha value is -1.92. The molecule has 1 N–H and O–H groups in total. The van der Waals surface area contributed by atoms with Gasteiger partial charge in [0.15, 0.2) is 0 Å². The first-order chi connectivity index (χ1) is 10.3. The fourth-order valence-corrected chi connectivity index (χ4v) is 1.90. The molecule has 0 amide bonds. The third-order valence-electron chi connectivity index (χ3n) is 2.99. The largest absolute Gasteiger partial charge is 0.491 e. The highest BCUT2D eigenvalue weighted by molar-refractivity contribution is 5.33. The normalized spacial score (nSPS) is 10.8. The maximum absolute atomic E-state index is 13.3. The third kappa shape index (κ3) is 5.17. The zero-order valence-electron chi connectivity index (χ0n) is 12.1. The summed E-state index contributed by atoms with van der Waals surface area (Å²) in [5.74, 6) is 0.432. The average molecular weight is 293 g/mol. The zero-order chi connectivity index (χ0) is 14.9. The number of methoxy groups -OCH3 is 1. The van der Waals surface area contributed by atoms with Crippen molar-refractivity contribution in [1.29, 1.82) is 0 Å². The Labute approximate surface area is 123 Å². The maximum Gasteiger partial charge on any atom is 0.124 e. The van der Waals surface area contributed by atoms with Gasteiger partial charge < -0.3 is 19.4 Å². The third-order valence-corrected chi connectivity index (χ3v) is 2.99. The second kappa shape index (κ2) is 8.39. The van der Waals surface area contributed by atoms with E-state index < -0.39 is 0 Å². The quantitative estimate of drug-likeness (QED) is 0.717. The number of ether oxygens (including phenoxy) is 2. The van der Waals surface area contributed by atoms with Crippen LogP contribution in [0.1, 0.15) is 5.56 Å². The molecule has 0 atom stereocenters. The van der Waals surface area contributed by atoms with Gasteiger partial charge >= 0.3 is 0 Å². The summed E-state index contributed by atoms with van der Waals surface area (Å²) in [6.07, 6.45) is 5.34. The zero-order valence-corrected chi connectivity index (χ0v) is 12.1. The summed E-state index contributed by atoms with van der Waals surface area (Å²) in [6, 6.07) is 4.56. The predicted octanol–water partition coefficient (Wildman–Crippen LogP) is 1.84. The number of hydrogen-bond donors (Lipinski definition) is 1. The van der Waals surface area contributed by atoms with E-state index in [-0.39, 0.29) is 5.82 Å². The molecule has 0 spiro atoms. The number of benzene rings is 1. The van der Waals surface area contributed by atoms with Crippen LogP contribution in [-0.2, 0) is 17.8 Å². The van der Waals surface area contributed by atoms with E-state index in [1.807, 2.05) is 10.8 Å². The molecule has 6 heteroatoms. The van der Waals surface area contributed by atoms with Gasteiger partial charge in [0.05, 0.1) is 19.5 Å². The minimum absolute atomic E-state index is 0.263. The Balaban J connectivity index is 1.87. The lowest BCUT2D eigenvalue weighted by molar-refractivity contribution is 0.199. The molecule has 2 aromatic rings. The van der Waals surface area contributed by atoms with Gasteiger partial charge in [0, 0.05) is 38.2 Å². The summed E-state index contributed by atoms with van der Waals surface area (Å²) in [7, 11) is 1.65. The number of nitrogens with zero attached hydrogens (tertiary/aromatic N) is 2. The SMILES string of the molecule is COCCNCc1cc(F)ccc1OCCn1ccnc1. The van der Waals surface area contributed by atoms with Crippen molar-refractivity contribution in [3.8, 4) is 5.75 Å². The first-order valence-corrected chi connectivity index (χ1v) is 6.86. The van der Waals surface area contributed by atoms with E-state index in [0.29, 0.717) is 38.6 Å². The minimum atomic E-state index is -0.263. The van der Waals surface area contributed by atoms with Crippen LogP contribution in [0.25, 0.3) is 0 Å². The minimum Gasteiger partial charge on any atom is -0.491 e. The molecule has 0 aliphatic carbocycles. The van der Waals surface area contributed by atoms with Crippen LogP contribution < -0.4 is 10.1 Å². The summed E-state index contributed by atoms with van der Waals surface area (Å²) < 4.78 is 26.0. The number of imidazole rings is 1. The van der Waals surface area contributed by atoms with Crippen molar-refractivity contribution >= 4 is 0 Å². The Morgan fingerprint density at radius 2 is 2.24 bits per heavy atom. The van der Waals surface area contributed by atoms with Gasteiger partial charge in [-0.2, -0.15) is 0 Å².